The largest absolute Gasteiger partial charge is 0.490 e. The van der Waals surface area contributed by atoms with Crippen LogP contribution in [0, 0.1) is 5.92 Å². The highest BCUT2D eigenvalue weighted by Gasteiger charge is 2.21. The molecule has 0 atom stereocenters. The monoisotopic (exact) mass is 235 g/mol. The zero-order chi connectivity index (χ0) is 12.1. The maximum Gasteiger partial charge on any atom is 0.171 e. The third kappa shape index (κ3) is 2.88. The van der Waals surface area contributed by atoms with E-state index in [2.05, 4.69) is 9.88 Å². The van der Waals surface area contributed by atoms with Gasteiger partial charge in [-0.1, -0.05) is 0 Å². The molecule has 1 aromatic rings. The van der Waals surface area contributed by atoms with Gasteiger partial charge in [0.25, 0.3) is 0 Å². The molecule has 0 unspecified atom stereocenters. The van der Waals surface area contributed by atoms with E-state index in [4.69, 9.17) is 10.5 Å². The van der Waals surface area contributed by atoms with Crippen molar-refractivity contribution in [2.75, 3.05) is 31.1 Å². The number of rotatable bonds is 4. The zero-order valence-corrected chi connectivity index (χ0v) is 10.4. The number of nitrogens with two attached hydrogens (primary N) is 1. The molecule has 1 saturated heterocycles. The van der Waals surface area contributed by atoms with Crippen LogP contribution in [0.1, 0.15) is 19.8 Å². The Morgan fingerprint density at radius 3 is 2.88 bits per heavy atom. The lowest BCUT2D eigenvalue weighted by Crippen LogP contribution is -2.36. The van der Waals surface area contributed by atoms with Gasteiger partial charge in [-0.3, -0.25) is 0 Å². The molecule has 94 valence electrons. The van der Waals surface area contributed by atoms with Crippen molar-refractivity contribution in [3.63, 3.8) is 0 Å². The Bertz CT molecular complexity index is 348. The molecule has 2 N–H and O–H groups in total. The smallest absolute Gasteiger partial charge is 0.171 e. The van der Waals surface area contributed by atoms with Gasteiger partial charge in [-0.25, -0.2) is 4.98 Å². The van der Waals surface area contributed by atoms with Crippen LogP contribution in [0.5, 0.6) is 5.75 Å². The molecule has 0 amide bonds. The van der Waals surface area contributed by atoms with Crippen LogP contribution in [0.25, 0.3) is 0 Å². The summed E-state index contributed by atoms with van der Waals surface area (Å²) in [6, 6.07) is 3.90. The maximum absolute atomic E-state index is 5.71. The minimum absolute atomic E-state index is 0.672. The highest BCUT2D eigenvalue weighted by molar-refractivity contribution is 5.52. The van der Waals surface area contributed by atoms with Gasteiger partial charge < -0.3 is 15.4 Å². The molecule has 1 aromatic heterocycles. The normalized spacial score (nSPS) is 17.2. The van der Waals surface area contributed by atoms with Crippen LogP contribution >= 0.6 is 0 Å². The van der Waals surface area contributed by atoms with Crippen LogP contribution < -0.4 is 15.4 Å². The Kier molecular flexibility index (Phi) is 4.20. The summed E-state index contributed by atoms with van der Waals surface area (Å²) in [6.45, 7) is 5.53. The summed E-state index contributed by atoms with van der Waals surface area (Å²) >= 11 is 0. The molecule has 0 saturated carbocycles. The highest BCUT2D eigenvalue weighted by atomic mass is 16.5. The van der Waals surface area contributed by atoms with Crippen molar-refractivity contribution in [1.29, 1.82) is 0 Å². The number of nitrogens with zero attached hydrogens (tertiary/aromatic N) is 2. The fourth-order valence-corrected chi connectivity index (χ4v) is 2.27. The number of aromatic nitrogens is 1. The van der Waals surface area contributed by atoms with Crippen molar-refractivity contribution in [2.24, 2.45) is 11.7 Å². The molecule has 0 bridgehead atoms. The summed E-state index contributed by atoms with van der Waals surface area (Å²) < 4.78 is 5.61. The minimum atomic E-state index is 0.672. The first-order chi connectivity index (χ1) is 8.35. The van der Waals surface area contributed by atoms with E-state index >= 15 is 0 Å². The summed E-state index contributed by atoms with van der Waals surface area (Å²) in [6.07, 6.45) is 4.13. The molecule has 4 heteroatoms. The lowest BCUT2D eigenvalue weighted by atomic mass is 9.97. The third-order valence-corrected chi connectivity index (χ3v) is 3.30. The topological polar surface area (TPSA) is 51.4 Å². The Labute approximate surface area is 103 Å². The molecule has 0 radical (unpaired) electrons. The van der Waals surface area contributed by atoms with Crippen molar-refractivity contribution in [2.45, 2.75) is 19.8 Å². The fraction of sp³-hybridized carbons (Fsp3) is 0.615. The van der Waals surface area contributed by atoms with Crippen LogP contribution in [0.4, 0.5) is 5.82 Å². The van der Waals surface area contributed by atoms with Gasteiger partial charge in [0, 0.05) is 19.3 Å². The van der Waals surface area contributed by atoms with E-state index in [0.717, 1.165) is 44.0 Å². The summed E-state index contributed by atoms with van der Waals surface area (Å²) in [5.74, 6) is 2.54. The van der Waals surface area contributed by atoms with Crippen LogP contribution in [0.3, 0.4) is 0 Å². The summed E-state index contributed by atoms with van der Waals surface area (Å²) in [4.78, 5) is 6.74. The number of piperidine rings is 1. The quantitative estimate of drug-likeness (QED) is 0.862. The lowest BCUT2D eigenvalue weighted by molar-refractivity contribution is 0.336. The first-order valence-electron chi connectivity index (χ1n) is 6.38. The number of ether oxygens (including phenoxy) is 1. The number of hydrogen-bond donors (Lipinski definition) is 1. The van der Waals surface area contributed by atoms with Gasteiger partial charge in [-0.2, -0.15) is 0 Å². The first kappa shape index (κ1) is 12.2. The molecule has 4 nitrogen and oxygen atoms in total. The molecule has 1 aliphatic heterocycles. The Morgan fingerprint density at radius 1 is 1.47 bits per heavy atom. The van der Waals surface area contributed by atoms with Crippen molar-refractivity contribution >= 4 is 5.82 Å². The van der Waals surface area contributed by atoms with Crippen molar-refractivity contribution < 1.29 is 4.74 Å². The molecule has 17 heavy (non-hydrogen) atoms. The molecule has 0 aliphatic carbocycles. The molecular formula is C13H21N3O. The number of hydrogen-bond acceptors (Lipinski definition) is 4. The van der Waals surface area contributed by atoms with Gasteiger partial charge in [0.2, 0.25) is 0 Å². The van der Waals surface area contributed by atoms with Crippen LogP contribution in [0.15, 0.2) is 18.3 Å². The summed E-state index contributed by atoms with van der Waals surface area (Å²) in [5, 5.41) is 0. The Balaban J connectivity index is 2.07. The Hall–Kier alpha value is -1.29. The molecular weight excluding hydrogens is 214 g/mol. The summed E-state index contributed by atoms with van der Waals surface area (Å²) in [7, 11) is 0. The highest BCUT2D eigenvalue weighted by Crippen LogP contribution is 2.28. The van der Waals surface area contributed by atoms with Gasteiger partial charge in [-0.05, 0) is 44.4 Å². The standard InChI is InChI=1S/C13H21N3O/c1-2-17-12-4-3-7-15-13(12)16-8-5-11(10-14)6-9-16/h3-4,7,11H,2,5-6,8-10,14H2,1H3. The predicted octanol–water partition coefficient (Wildman–Crippen LogP) is 1.66. The Morgan fingerprint density at radius 2 is 2.24 bits per heavy atom. The van der Waals surface area contributed by atoms with E-state index in [0.29, 0.717) is 12.5 Å². The second-order valence-corrected chi connectivity index (χ2v) is 4.42. The van der Waals surface area contributed by atoms with E-state index in [-0.39, 0.29) is 0 Å². The van der Waals surface area contributed by atoms with Gasteiger partial charge in [0.15, 0.2) is 11.6 Å². The van der Waals surface area contributed by atoms with Crippen molar-refractivity contribution in [3.8, 4) is 5.75 Å². The van der Waals surface area contributed by atoms with Crippen molar-refractivity contribution in [3.05, 3.63) is 18.3 Å². The van der Waals surface area contributed by atoms with Gasteiger partial charge in [-0.15, -0.1) is 0 Å². The average Bonchev–Trinajstić information content (AvgIpc) is 2.40. The molecule has 0 aromatic carbocycles. The molecule has 2 heterocycles. The number of anilines is 1. The van der Waals surface area contributed by atoms with Crippen molar-refractivity contribution in [1.82, 2.24) is 4.98 Å². The third-order valence-electron chi connectivity index (χ3n) is 3.30. The lowest BCUT2D eigenvalue weighted by Gasteiger charge is -2.32. The van der Waals surface area contributed by atoms with E-state index in [1.54, 1.807) is 0 Å². The van der Waals surface area contributed by atoms with Crippen LogP contribution in [-0.2, 0) is 0 Å². The average molecular weight is 235 g/mol. The van der Waals surface area contributed by atoms with Gasteiger partial charge >= 0.3 is 0 Å². The summed E-state index contributed by atoms with van der Waals surface area (Å²) in [5.41, 5.74) is 5.71. The first-order valence-corrected chi connectivity index (χ1v) is 6.38. The van der Waals surface area contributed by atoms with E-state index in [1.165, 1.54) is 0 Å². The molecule has 1 fully saturated rings. The second kappa shape index (κ2) is 5.87. The SMILES string of the molecule is CCOc1cccnc1N1CCC(CN)CC1. The molecule has 1 aliphatic rings. The molecule has 2 rings (SSSR count). The van der Waals surface area contributed by atoms with Crippen LogP contribution in [-0.4, -0.2) is 31.2 Å². The number of pyridine rings is 1. The molecule has 0 spiro atoms. The predicted molar refractivity (Wildman–Crippen MR) is 69.4 cm³/mol. The van der Waals surface area contributed by atoms with E-state index < -0.39 is 0 Å². The van der Waals surface area contributed by atoms with E-state index in [9.17, 15) is 0 Å². The fourth-order valence-electron chi connectivity index (χ4n) is 2.27. The zero-order valence-electron chi connectivity index (χ0n) is 10.4. The van der Waals surface area contributed by atoms with E-state index in [1.807, 2.05) is 25.3 Å². The van der Waals surface area contributed by atoms with Gasteiger partial charge in [0.1, 0.15) is 0 Å². The van der Waals surface area contributed by atoms with Crippen LogP contribution in [0.2, 0.25) is 0 Å². The van der Waals surface area contributed by atoms with Gasteiger partial charge in [0.05, 0.1) is 6.61 Å². The second-order valence-electron chi connectivity index (χ2n) is 4.42. The minimum Gasteiger partial charge on any atom is -0.490 e. The maximum atomic E-state index is 5.71.